The van der Waals surface area contributed by atoms with Gasteiger partial charge in [-0.1, -0.05) is 23.2 Å². The first-order valence-electron chi connectivity index (χ1n) is 10.4. The quantitative estimate of drug-likeness (QED) is 0.271. The fourth-order valence-corrected chi connectivity index (χ4v) is 3.72. The standard InChI is InChI=1S/C24H18Cl2F3N5O2/c1-34-13-15(12-31-34)22-21(26)20(8-9-30-22)36-18-5-2-16(3-6-18)32-23(35)33-17-4-7-19(25)14(10-17)11-24(27,28)29/h2-10,12-13H,11H2,1H3,(H2,32,33,35). The number of aryl methyl sites for hydroxylation is 1. The molecule has 2 amide bonds. The Morgan fingerprint density at radius 3 is 2.42 bits per heavy atom. The van der Waals surface area contributed by atoms with Crippen LogP contribution in [0.2, 0.25) is 10.0 Å². The summed E-state index contributed by atoms with van der Waals surface area (Å²) in [6, 6.07) is 11.3. The van der Waals surface area contributed by atoms with Crippen molar-refractivity contribution in [2.75, 3.05) is 10.6 Å². The molecule has 0 unspecified atom stereocenters. The molecule has 0 aliphatic heterocycles. The number of aromatic nitrogens is 3. The zero-order chi connectivity index (χ0) is 25.9. The molecular weight excluding hydrogens is 518 g/mol. The molecule has 186 valence electrons. The predicted molar refractivity (Wildman–Crippen MR) is 132 cm³/mol. The molecule has 0 bridgehead atoms. The highest BCUT2D eigenvalue weighted by Crippen LogP contribution is 2.36. The van der Waals surface area contributed by atoms with E-state index in [1.54, 1.807) is 60.7 Å². The van der Waals surface area contributed by atoms with Crippen LogP contribution in [0.3, 0.4) is 0 Å². The van der Waals surface area contributed by atoms with Crippen molar-refractivity contribution in [2.24, 2.45) is 7.05 Å². The number of rotatable bonds is 6. The van der Waals surface area contributed by atoms with Crippen molar-refractivity contribution in [3.63, 3.8) is 0 Å². The van der Waals surface area contributed by atoms with Gasteiger partial charge in [0.25, 0.3) is 0 Å². The third-order valence-electron chi connectivity index (χ3n) is 4.87. The number of nitrogens with zero attached hydrogens (tertiary/aromatic N) is 3. The SMILES string of the molecule is Cn1cc(-c2nccc(Oc3ccc(NC(=O)Nc4ccc(Cl)c(CC(F)(F)F)c4)cc3)c2Cl)cn1. The van der Waals surface area contributed by atoms with Gasteiger partial charge in [0.1, 0.15) is 16.5 Å². The minimum atomic E-state index is -4.42. The zero-order valence-corrected chi connectivity index (χ0v) is 20.1. The highest BCUT2D eigenvalue weighted by Gasteiger charge is 2.29. The number of ether oxygens (including phenoxy) is 1. The lowest BCUT2D eigenvalue weighted by molar-refractivity contribution is -0.127. The fourth-order valence-electron chi connectivity index (χ4n) is 3.28. The Bertz CT molecular complexity index is 1390. The smallest absolute Gasteiger partial charge is 0.393 e. The lowest BCUT2D eigenvalue weighted by atomic mass is 10.1. The monoisotopic (exact) mass is 535 g/mol. The highest BCUT2D eigenvalue weighted by molar-refractivity contribution is 6.34. The molecule has 0 fully saturated rings. The van der Waals surface area contributed by atoms with E-state index in [0.717, 1.165) is 5.56 Å². The topological polar surface area (TPSA) is 81.1 Å². The first kappa shape index (κ1) is 25.3. The molecule has 12 heteroatoms. The predicted octanol–water partition coefficient (Wildman–Crippen LogP) is 7.33. The second-order valence-electron chi connectivity index (χ2n) is 7.68. The summed E-state index contributed by atoms with van der Waals surface area (Å²) in [5.41, 5.74) is 1.74. The van der Waals surface area contributed by atoms with Crippen molar-refractivity contribution in [2.45, 2.75) is 12.6 Å². The van der Waals surface area contributed by atoms with Crippen molar-refractivity contribution in [1.82, 2.24) is 14.8 Å². The van der Waals surface area contributed by atoms with Crippen LogP contribution in [0.4, 0.5) is 29.3 Å². The Morgan fingerprint density at radius 2 is 1.75 bits per heavy atom. The summed E-state index contributed by atoms with van der Waals surface area (Å²) in [7, 11) is 1.79. The van der Waals surface area contributed by atoms with Crippen LogP contribution in [0.1, 0.15) is 5.56 Å². The molecule has 0 radical (unpaired) electrons. The molecule has 2 aromatic heterocycles. The summed E-state index contributed by atoms with van der Waals surface area (Å²) < 4.78 is 45.6. The number of hydrogen-bond donors (Lipinski definition) is 2. The Balaban J connectivity index is 1.40. The number of urea groups is 1. The number of carbonyl (C=O) groups is 1. The van der Waals surface area contributed by atoms with E-state index in [0.29, 0.717) is 27.9 Å². The maximum Gasteiger partial charge on any atom is 0.393 e. The van der Waals surface area contributed by atoms with E-state index in [4.69, 9.17) is 27.9 Å². The molecular formula is C24H18Cl2F3N5O2. The number of amides is 2. The van der Waals surface area contributed by atoms with Gasteiger partial charge < -0.3 is 15.4 Å². The van der Waals surface area contributed by atoms with Crippen LogP contribution in [-0.2, 0) is 13.5 Å². The average molecular weight is 536 g/mol. The maximum absolute atomic E-state index is 12.7. The van der Waals surface area contributed by atoms with Gasteiger partial charge in [-0.25, -0.2) is 4.79 Å². The van der Waals surface area contributed by atoms with E-state index in [9.17, 15) is 18.0 Å². The van der Waals surface area contributed by atoms with Crippen LogP contribution >= 0.6 is 23.2 Å². The number of carbonyl (C=O) groups excluding carboxylic acids is 1. The lowest BCUT2D eigenvalue weighted by Gasteiger charge is -2.12. The van der Waals surface area contributed by atoms with Crippen molar-refractivity contribution < 1.29 is 22.7 Å². The first-order chi connectivity index (χ1) is 17.1. The lowest BCUT2D eigenvalue weighted by Crippen LogP contribution is -2.19. The number of hydrogen-bond acceptors (Lipinski definition) is 4. The molecule has 2 heterocycles. The van der Waals surface area contributed by atoms with Crippen LogP contribution in [0, 0.1) is 0 Å². The van der Waals surface area contributed by atoms with Gasteiger partial charge in [-0.15, -0.1) is 0 Å². The van der Waals surface area contributed by atoms with E-state index < -0.39 is 18.6 Å². The molecule has 4 aromatic rings. The number of pyridine rings is 1. The average Bonchev–Trinajstić information content (AvgIpc) is 3.24. The van der Waals surface area contributed by atoms with Crippen LogP contribution < -0.4 is 15.4 Å². The highest BCUT2D eigenvalue weighted by atomic mass is 35.5. The van der Waals surface area contributed by atoms with Gasteiger partial charge in [0.05, 0.1) is 18.3 Å². The van der Waals surface area contributed by atoms with E-state index >= 15 is 0 Å². The largest absolute Gasteiger partial charge is 0.456 e. The van der Waals surface area contributed by atoms with Gasteiger partial charge in [-0.05, 0) is 48.0 Å². The van der Waals surface area contributed by atoms with Crippen LogP contribution in [0.5, 0.6) is 11.5 Å². The summed E-state index contributed by atoms with van der Waals surface area (Å²) in [6.45, 7) is 0. The Kier molecular flexibility index (Phi) is 7.37. The zero-order valence-electron chi connectivity index (χ0n) is 18.6. The van der Waals surface area contributed by atoms with Crippen molar-refractivity contribution in [3.05, 3.63) is 82.7 Å². The fraction of sp³-hybridized carbons (Fsp3) is 0.125. The summed E-state index contributed by atoms with van der Waals surface area (Å²) in [4.78, 5) is 16.6. The van der Waals surface area contributed by atoms with Crippen molar-refractivity contribution >= 4 is 40.6 Å². The van der Waals surface area contributed by atoms with Gasteiger partial charge in [-0.2, -0.15) is 18.3 Å². The molecule has 4 rings (SSSR count). The van der Waals surface area contributed by atoms with E-state index in [2.05, 4.69) is 20.7 Å². The second-order valence-corrected chi connectivity index (χ2v) is 8.46. The van der Waals surface area contributed by atoms with Gasteiger partial charge in [-0.3, -0.25) is 9.67 Å². The Morgan fingerprint density at radius 1 is 1.06 bits per heavy atom. The minimum Gasteiger partial charge on any atom is -0.456 e. The molecule has 0 spiro atoms. The molecule has 2 N–H and O–H groups in total. The third kappa shape index (κ3) is 6.46. The van der Waals surface area contributed by atoms with Crippen LogP contribution in [0.15, 0.2) is 67.1 Å². The first-order valence-corrected chi connectivity index (χ1v) is 11.2. The molecule has 0 saturated carbocycles. The van der Waals surface area contributed by atoms with E-state index in [1.807, 2.05) is 0 Å². The van der Waals surface area contributed by atoms with E-state index in [1.165, 1.54) is 18.2 Å². The number of alkyl halides is 3. The van der Waals surface area contributed by atoms with Crippen LogP contribution in [0.25, 0.3) is 11.3 Å². The molecule has 7 nitrogen and oxygen atoms in total. The number of anilines is 2. The van der Waals surface area contributed by atoms with Gasteiger partial charge in [0.15, 0.2) is 0 Å². The van der Waals surface area contributed by atoms with Gasteiger partial charge in [0, 0.05) is 47.5 Å². The molecule has 2 aromatic carbocycles. The molecule has 0 atom stereocenters. The Labute approximate surface area is 213 Å². The number of nitrogens with one attached hydrogen (secondary N) is 2. The number of benzene rings is 2. The van der Waals surface area contributed by atoms with E-state index in [-0.39, 0.29) is 16.3 Å². The second kappa shape index (κ2) is 10.5. The van der Waals surface area contributed by atoms with Crippen LogP contribution in [-0.4, -0.2) is 27.0 Å². The summed E-state index contributed by atoms with van der Waals surface area (Å²) in [5, 5.41) is 9.50. The van der Waals surface area contributed by atoms with Crippen molar-refractivity contribution in [3.8, 4) is 22.8 Å². The molecule has 36 heavy (non-hydrogen) atoms. The normalized spacial score (nSPS) is 11.3. The summed E-state index contributed by atoms with van der Waals surface area (Å²) >= 11 is 12.3. The summed E-state index contributed by atoms with van der Waals surface area (Å²) in [5.74, 6) is 0.849. The minimum absolute atomic E-state index is 0.0317. The van der Waals surface area contributed by atoms with Gasteiger partial charge in [0.2, 0.25) is 0 Å². The molecule has 0 aliphatic rings. The Hall–Kier alpha value is -3.76. The van der Waals surface area contributed by atoms with Crippen molar-refractivity contribution in [1.29, 1.82) is 0 Å². The third-order valence-corrected chi connectivity index (χ3v) is 5.60. The molecule has 0 aliphatic carbocycles. The maximum atomic E-state index is 12.7. The molecule has 0 saturated heterocycles. The number of halogens is 5. The summed E-state index contributed by atoms with van der Waals surface area (Å²) in [6.07, 6.45) is -0.624. The van der Waals surface area contributed by atoms with Gasteiger partial charge >= 0.3 is 12.2 Å².